The van der Waals surface area contributed by atoms with Gasteiger partial charge in [-0.3, -0.25) is 9.48 Å². The maximum atomic E-state index is 12.0. The molecule has 0 fully saturated rings. The standard InChI is InChI=1S/C15H17N3O3/c1-11(18-8-2-6-17-18)15(19)16-7-5-12-3-4-13-14(9-12)21-10-20-13/h2-4,6,8-9,11H,5,7,10H2,1H3,(H,16,19)/t11-/m0/s1. The Morgan fingerprint density at radius 3 is 3.10 bits per heavy atom. The molecule has 1 aliphatic rings. The normalized spacial score (nSPS) is 14.0. The number of hydrogen-bond donors (Lipinski definition) is 1. The van der Waals surface area contributed by atoms with Gasteiger partial charge in [0.1, 0.15) is 6.04 Å². The van der Waals surface area contributed by atoms with Crippen molar-refractivity contribution in [2.24, 2.45) is 0 Å². The van der Waals surface area contributed by atoms with E-state index in [0.717, 1.165) is 23.5 Å². The number of carbonyl (C=O) groups is 1. The van der Waals surface area contributed by atoms with E-state index in [1.807, 2.05) is 25.1 Å². The molecule has 0 bridgehead atoms. The van der Waals surface area contributed by atoms with Crippen LogP contribution in [-0.4, -0.2) is 29.0 Å². The van der Waals surface area contributed by atoms with E-state index in [-0.39, 0.29) is 18.7 Å². The van der Waals surface area contributed by atoms with Crippen LogP contribution in [-0.2, 0) is 11.2 Å². The Morgan fingerprint density at radius 1 is 1.43 bits per heavy atom. The molecule has 1 aromatic carbocycles. The third-order valence-corrected chi connectivity index (χ3v) is 3.45. The van der Waals surface area contributed by atoms with Gasteiger partial charge in [-0.15, -0.1) is 0 Å². The van der Waals surface area contributed by atoms with Crippen LogP contribution in [0, 0.1) is 0 Å². The van der Waals surface area contributed by atoms with Gasteiger partial charge in [-0.05, 0) is 37.1 Å². The summed E-state index contributed by atoms with van der Waals surface area (Å²) in [6.45, 7) is 2.67. The third-order valence-electron chi connectivity index (χ3n) is 3.45. The van der Waals surface area contributed by atoms with E-state index in [1.54, 1.807) is 23.1 Å². The highest BCUT2D eigenvalue weighted by Gasteiger charge is 2.15. The quantitative estimate of drug-likeness (QED) is 0.905. The number of nitrogens with zero attached hydrogens (tertiary/aromatic N) is 2. The fourth-order valence-corrected chi connectivity index (χ4v) is 2.20. The van der Waals surface area contributed by atoms with Gasteiger partial charge in [0.25, 0.3) is 0 Å². The van der Waals surface area contributed by atoms with Gasteiger partial charge < -0.3 is 14.8 Å². The molecule has 2 aromatic rings. The van der Waals surface area contributed by atoms with Crippen molar-refractivity contribution < 1.29 is 14.3 Å². The fourth-order valence-electron chi connectivity index (χ4n) is 2.20. The summed E-state index contributed by atoms with van der Waals surface area (Å²) in [7, 11) is 0. The lowest BCUT2D eigenvalue weighted by atomic mass is 10.1. The Balaban J connectivity index is 1.51. The van der Waals surface area contributed by atoms with Crippen LogP contribution in [0.1, 0.15) is 18.5 Å². The van der Waals surface area contributed by atoms with Gasteiger partial charge in [0.2, 0.25) is 12.7 Å². The largest absolute Gasteiger partial charge is 0.454 e. The average Bonchev–Trinajstić information content (AvgIpc) is 3.17. The maximum absolute atomic E-state index is 12.0. The molecule has 6 heteroatoms. The minimum Gasteiger partial charge on any atom is -0.454 e. The molecule has 0 spiro atoms. The smallest absolute Gasteiger partial charge is 0.244 e. The summed E-state index contributed by atoms with van der Waals surface area (Å²) in [5.74, 6) is 1.50. The predicted octanol–water partition coefficient (Wildman–Crippen LogP) is 1.53. The summed E-state index contributed by atoms with van der Waals surface area (Å²) in [6, 6.07) is 7.32. The minimum atomic E-state index is -0.309. The molecule has 2 heterocycles. The van der Waals surface area contributed by atoms with Crippen molar-refractivity contribution in [3.8, 4) is 11.5 Å². The lowest BCUT2D eigenvalue weighted by Crippen LogP contribution is -2.32. The molecule has 1 N–H and O–H groups in total. The monoisotopic (exact) mass is 287 g/mol. The summed E-state index contributed by atoms with van der Waals surface area (Å²) in [6.07, 6.45) is 4.19. The van der Waals surface area contributed by atoms with E-state index in [4.69, 9.17) is 9.47 Å². The third kappa shape index (κ3) is 2.99. The molecule has 3 rings (SSSR count). The lowest BCUT2D eigenvalue weighted by Gasteiger charge is -2.12. The second-order valence-corrected chi connectivity index (χ2v) is 4.89. The first-order chi connectivity index (χ1) is 10.2. The van der Waals surface area contributed by atoms with E-state index < -0.39 is 0 Å². The SMILES string of the molecule is C[C@@H](C(=O)NCCc1ccc2c(c1)OCO2)n1cccn1. The van der Waals surface area contributed by atoms with Crippen LogP contribution in [0.25, 0.3) is 0 Å². The summed E-state index contributed by atoms with van der Waals surface area (Å²) in [5, 5.41) is 6.98. The van der Waals surface area contributed by atoms with E-state index in [1.165, 1.54) is 0 Å². The van der Waals surface area contributed by atoms with Crippen LogP contribution in [0.4, 0.5) is 0 Å². The second-order valence-electron chi connectivity index (χ2n) is 4.89. The zero-order chi connectivity index (χ0) is 14.7. The van der Waals surface area contributed by atoms with E-state index in [0.29, 0.717) is 6.54 Å². The summed E-state index contributed by atoms with van der Waals surface area (Å²) in [4.78, 5) is 12.0. The molecular formula is C15H17N3O3. The van der Waals surface area contributed by atoms with Crippen LogP contribution < -0.4 is 14.8 Å². The molecule has 110 valence electrons. The Kier molecular flexibility index (Phi) is 3.77. The number of nitrogens with one attached hydrogen (secondary N) is 1. The molecule has 1 aromatic heterocycles. The number of rotatable bonds is 5. The van der Waals surface area contributed by atoms with Crippen molar-refractivity contribution in [2.45, 2.75) is 19.4 Å². The van der Waals surface area contributed by atoms with Crippen LogP contribution in [0.15, 0.2) is 36.7 Å². The van der Waals surface area contributed by atoms with Crippen molar-refractivity contribution in [1.29, 1.82) is 0 Å². The second kappa shape index (κ2) is 5.87. The number of hydrogen-bond acceptors (Lipinski definition) is 4. The lowest BCUT2D eigenvalue weighted by molar-refractivity contribution is -0.124. The fraction of sp³-hybridized carbons (Fsp3) is 0.333. The highest BCUT2D eigenvalue weighted by atomic mass is 16.7. The minimum absolute atomic E-state index is 0.0422. The molecule has 1 atom stereocenters. The van der Waals surface area contributed by atoms with Crippen molar-refractivity contribution in [3.05, 3.63) is 42.2 Å². The molecule has 0 saturated carbocycles. The molecule has 0 aliphatic carbocycles. The predicted molar refractivity (Wildman–Crippen MR) is 76.2 cm³/mol. The number of benzene rings is 1. The van der Waals surface area contributed by atoms with Gasteiger partial charge in [-0.25, -0.2) is 0 Å². The Bertz CT molecular complexity index is 625. The van der Waals surface area contributed by atoms with Crippen LogP contribution >= 0.6 is 0 Å². The van der Waals surface area contributed by atoms with Crippen LogP contribution in [0.5, 0.6) is 11.5 Å². The van der Waals surface area contributed by atoms with Gasteiger partial charge in [-0.1, -0.05) is 6.07 Å². The first kappa shape index (κ1) is 13.5. The Labute approximate surface area is 122 Å². The summed E-state index contributed by atoms with van der Waals surface area (Å²) >= 11 is 0. The zero-order valence-corrected chi connectivity index (χ0v) is 11.8. The maximum Gasteiger partial charge on any atom is 0.244 e. The Morgan fingerprint density at radius 2 is 2.29 bits per heavy atom. The van der Waals surface area contributed by atoms with Crippen LogP contribution in [0.2, 0.25) is 0 Å². The van der Waals surface area contributed by atoms with E-state index in [2.05, 4.69) is 10.4 Å². The molecule has 21 heavy (non-hydrogen) atoms. The van der Waals surface area contributed by atoms with Gasteiger partial charge in [0.15, 0.2) is 11.5 Å². The molecule has 0 saturated heterocycles. The van der Waals surface area contributed by atoms with Crippen LogP contribution in [0.3, 0.4) is 0 Å². The molecule has 0 radical (unpaired) electrons. The topological polar surface area (TPSA) is 65.4 Å². The van der Waals surface area contributed by atoms with Crippen molar-refractivity contribution in [1.82, 2.24) is 15.1 Å². The highest BCUT2D eigenvalue weighted by molar-refractivity contribution is 5.79. The molecule has 6 nitrogen and oxygen atoms in total. The van der Waals surface area contributed by atoms with Gasteiger partial charge in [0.05, 0.1) is 0 Å². The Hall–Kier alpha value is -2.50. The molecule has 0 unspecified atom stereocenters. The number of ether oxygens (including phenoxy) is 2. The van der Waals surface area contributed by atoms with E-state index >= 15 is 0 Å². The average molecular weight is 287 g/mol. The number of carbonyl (C=O) groups excluding carboxylic acids is 1. The van der Waals surface area contributed by atoms with Crippen molar-refractivity contribution in [2.75, 3.05) is 13.3 Å². The van der Waals surface area contributed by atoms with Crippen molar-refractivity contribution >= 4 is 5.91 Å². The number of amides is 1. The van der Waals surface area contributed by atoms with E-state index in [9.17, 15) is 4.79 Å². The molecular weight excluding hydrogens is 270 g/mol. The van der Waals surface area contributed by atoms with Gasteiger partial charge in [0, 0.05) is 18.9 Å². The van der Waals surface area contributed by atoms with Gasteiger partial charge in [-0.2, -0.15) is 5.10 Å². The molecule has 1 aliphatic heterocycles. The number of aromatic nitrogens is 2. The van der Waals surface area contributed by atoms with Crippen molar-refractivity contribution in [3.63, 3.8) is 0 Å². The molecule has 1 amide bonds. The first-order valence-corrected chi connectivity index (χ1v) is 6.89. The summed E-state index contributed by atoms with van der Waals surface area (Å²) in [5.41, 5.74) is 1.10. The zero-order valence-electron chi connectivity index (χ0n) is 11.8. The first-order valence-electron chi connectivity index (χ1n) is 6.89. The highest BCUT2D eigenvalue weighted by Crippen LogP contribution is 2.32. The van der Waals surface area contributed by atoms with Gasteiger partial charge >= 0.3 is 0 Å². The summed E-state index contributed by atoms with van der Waals surface area (Å²) < 4.78 is 12.2. The number of fused-ring (bicyclic) bond motifs is 1.